The number of nitrogens with zero attached hydrogens (tertiary/aromatic N) is 2. The highest BCUT2D eigenvalue weighted by molar-refractivity contribution is 5.86. The zero-order valence-electron chi connectivity index (χ0n) is 13.7. The van der Waals surface area contributed by atoms with Crippen LogP contribution in [0, 0.1) is 0 Å². The lowest BCUT2D eigenvalue weighted by molar-refractivity contribution is -0.133. The van der Waals surface area contributed by atoms with Gasteiger partial charge in [0.2, 0.25) is 17.7 Å². The maximum atomic E-state index is 12.1. The van der Waals surface area contributed by atoms with E-state index in [0.717, 1.165) is 18.5 Å². The molecule has 1 aromatic rings. The van der Waals surface area contributed by atoms with Crippen LogP contribution >= 0.6 is 0 Å². The molecule has 0 spiro atoms. The van der Waals surface area contributed by atoms with Crippen LogP contribution in [-0.4, -0.2) is 60.2 Å². The van der Waals surface area contributed by atoms with Crippen LogP contribution in [-0.2, 0) is 14.4 Å². The summed E-state index contributed by atoms with van der Waals surface area (Å²) in [5.74, 6) is 0.177. The fraction of sp³-hybridized carbons (Fsp3) is 0.500. The van der Waals surface area contributed by atoms with Crippen molar-refractivity contribution in [2.24, 2.45) is 0 Å². The molecule has 24 heavy (non-hydrogen) atoms. The minimum Gasteiger partial charge on any atom is -0.353 e. The summed E-state index contributed by atoms with van der Waals surface area (Å²) in [6, 6.07) is 9.93. The largest absolute Gasteiger partial charge is 0.353 e. The van der Waals surface area contributed by atoms with E-state index in [1.807, 2.05) is 30.3 Å². The van der Waals surface area contributed by atoms with Crippen molar-refractivity contribution in [3.63, 3.8) is 0 Å². The zero-order valence-corrected chi connectivity index (χ0v) is 13.7. The Kier molecular flexibility index (Phi) is 5.13. The summed E-state index contributed by atoms with van der Waals surface area (Å²) < 4.78 is 0. The summed E-state index contributed by atoms with van der Waals surface area (Å²) >= 11 is 0. The fourth-order valence-electron chi connectivity index (χ4n) is 3.37. The molecule has 3 amide bonds. The minimum absolute atomic E-state index is 0.0220. The van der Waals surface area contributed by atoms with Crippen LogP contribution in [0.3, 0.4) is 0 Å². The maximum Gasteiger partial charge on any atom is 0.239 e. The first-order valence-electron chi connectivity index (χ1n) is 8.50. The molecular formula is C18H23N3O3. The molecule has 2 heterocycles. The van der Waals surface area contributed by atoms with Gasteiger partial charge >= 0.3 is 0 Å². The molecule has 1 unspecified atom stereocenters. The summed E-state index contributed by atoms with van der Waals surface area (Å²) in [5, 5.41) is 2.81. The Morgan fingerprint density at radius 3 is 2.62 bits per heavy atom. The molecule has 2 saturated heterocycles. The molecule has 6 nitrogen and oxygen atoms in total. The van der Waals surface area contributed by atoms with Gasteiger partial charge in [0.25, 0.3) is 0 Å². The van der Waals surface area contributed by atoms with Gasteiger partial charge in [0, 0.05) is 44.9 Å². The summed E-state index contributed by atoms with van der Waals surface area (Å²) in [4.78, 5) is 39.0. The fourth-order valence-corrected chi connectivity index (χ4v) is 3.37. The summed E-state index contributed by atoms with van der Waals surface area (Å²) in [6.07, 6.45) is 1.96. The zero-order chi connectivity index (χ0) is 16.9. The Bertz CT molecular complexity index is 617. The van der Waals surface area contributed by atoms with E-state index in [4.69, 9.17) is 0 Å². The molecule has 2 fully saturated rings. The van der Waals surface area contributed by atoms with Crippen molar-refractivity contribution in [3.05, 3.63) is 35.9 Å². The first-order chi connectivity index (χ1) is 11.6. The van der Waals surface area contributed by atoms with Gasteiger partial charge in [-0.2, -0.15) is 0 Å². The lowest BCUT2D eigenvalue weighted by Gasteiger charge is -2.18. The van der Waals surface area contributed by atoms with E-state index in [9.17, 15) is 14.4 Å². The Labute approximate surface area is 141 Å². The van der Waals surface area contributed by atoms with Crippen molar-refractivity contribution in [1.82, 2.24) is 15.1 Å². The number of carbonyl (C=O) groups excluding carboxylic acids is 3. The van der Waals surface area contributed by atoms with E-state index in [0.29, 0.717) is 32.5 Å². The molecule has 6 heteroatoms. The van der Waals surface area contributed by atoms with E-state index in [-0.39, 0.29) is 30.2 Å². The Hall–Kier alpha value is -2.37. The second kappa shape index (κ2) is 7.47. The summed E-state index contributed by atoms with van der Waals surface area (Å²) in [6.45, 7) is 2.44. The Morgan fingerprint density at radius 2 is 1.92 bits per heavy atom. The van der Waals surface area contributed by atoms with Crippen LogP contribution in [0.15, 0.2) is 30.3 Å². The molecule has 0 bridgehead atoms. The van der Waals surface area contributed by atoms with E-state index in [2.05, 4.69) is 5.32 Å². The summed E-state index contributed by atoms with van der Waals surface area (Å²) in [7, 11) is 0. The standard InChI is InChI=1S/C18H23N3O3/c22-16(19-8-10-20-9-4-7-17(20)23)13-21-12-15(11-18(21)24)14-5-2-1-3-6-14/h1-3,5-6,15H,4,7-13H2,(H,19,22). The molecule has 2 aliphatic rings. The van der Waals surface area contributed by atoms with Gasteiger partial charge < -0.3 is 15.1 Å². The van der Waals surface area contributed by atoms with Crippen molar-refractivity contribution in [2.75, 3.05) is 32.7 Å². The highest BCUT2D eigenvalue weighted by Crippen LogP contribution is 2.27. The van der Waals surface area contributed by atoms with E-state index in [1.54, 1.807) is 9.80 Å². The van der Waals surface area contributed by atoms with Gasteiger partial charge in [-0.15, -0.1) is 0 Å². The number of hydrogen-bond acceptors (Lipinski definition) is 3. The number of likely N-dealkylation sites (tertiary alicyclic amines) is 2. The van der Waals surface area contributed by atoms with E-state index < -0.39 is 0 Å². The normalized spacial score (nSPS) is 20.8. The Morgan fingerprint density at radius 1 is 1.12 bits per heavy atom. The number of amides is 3. The molecular weight excluding hydrogens is 306 g/mol. The predicted molar refractivity (Wildman–Crippen MR) is 89.2 cm³/mol. The molecule has 2 aliphatic heterocycles. The van der Waals surface area contributed by atoms with Crippen molar-refractivity contribution < 1.29 is 14.4 Å². The van der Waals surface area contributed by atoms with Crippen LogP contribution in [0.25, 0.3) is 0 Å². The van der Waals surface area contributed by atoms with Crippen LogP contribution in [0.4, 0.5) is 0 Å². The molecule has 0 radical (unpaired) electrons. The molecule has 1 aromatic carbocycles. The van der Waals surface area contributed by atoms with Crippen molar-refractivity contribution in [3.8, 4) is 0 Å². The quantitative estimate of drug-likeness (QED) is 0.837. The molecule has 0 aromatic heterocycles. The Balaban J connectivity index is 1.43. The number of benzene rings is 1. The molecule has 1 N–H and O–H groups in total. The predicted octanol–water partition coefficient (Wildman–Crippen LogP) is 0.741. The molecule has 1 atom stereocenters. The molecule has 128 valence electrons. The van der Waals surface area contributed by atoms with Gasteiger partial charge in [-0.1, -0.05) is 30.3 Å². The first-order valence-corrected chi connectivity index (χ1v) is 8.50. The monoisotopic (exact) mass is 329 g/mol. The SMILES string of the molecule is O=C(CN1CC(c2ccccc2)CC1=O)NCCN1CCCC1=O. The highest BCUT2D eigenvalue weighted by Gasteiger charge is 2.31. The van der Waals surface area contributed by atoms with Crippen molar-refractivity contribution in [1.29, 1.82) is 0 Å². The third-order valence-corrected chi connectivity index (χ3v) is 4.70. The number of hydrogen-bond donors (Lipinski definition) is 1. The third kappa shape index (κ3) is 3.93. The lowest BCUT2D eigenvalue weighted by Crippen LogP contribution is -2.41. The van der Waals surface area contributed by atoms with E-state index >= 15 is 0 Å². The van der Waals surface area contributed by atoms with Gasteiger partial charge in [0.1, 0.15) is 0 Å². The smallest absolute Gasteiger partial charge is 0.239 e. The topological polar surface area (TPSA) is 69.7 Å². The van der Waals surface area contributed by atoms with Gasteiger partial charge in [0.15, 0.2) is 0 Å². The average Bonchev–Trinajstić information content (AvgIpc) is 3.15. The highest BCUT2D eigenvalue weighted by atomic mass is 16.2. The molecule has 3 rings (SSSR count). The van der Waals surface area contributed by atoms with Crippen LogP contribution in [0.5, 0.6) is 0 Å². The first kappa shape index (κ1) is 16.5. The second-order valence-electron chi connectivity index (χ2n) is 6.42. The van der Waals surface area contributed by atoms with E-state index in [1.165, 1.54) is 0 Å². The van der Waals surface area contributed by atoms with Gasteiger partial charge in [-0.05, 0) is 12.0 Å². The molecule has 0 saturated carbocycles. The minimum atomic E-state index is -0.163. The number of carbonyl (C=O) groups is 3. The molecule has 0 aliphatic carbocycles. The number of nitrogens with one attached hydrogen (secondary N) is 1. The van der Waals surface area contributed by atoms with Crippen molar-refractivity contribution >= 4 is 17.7 Å². The van der Waals surface area contributed by atoms with Gasteiger partial charge in [-0.3, -0.25) is 14.4 Å². The van der Waals surface area contributed by atoms with Crippen molar-refractivity contribution in [2.45, 2.75) is 25.2 Å². The van der Waals surface area contributed by atoms with Crippen LogP contribution in [0.2, 0.25) is 0 Å². The van der Waals surface area contributed by atoms with Gasteiger partial charge in [-0.25, -0.2) is 0 Å². The number of rotatable bonds is 6. The average molecular weight is 329 g/mol. The second-order valence-corrected chi connectivity index (χ2v) is 6.42. The summed E-state index contributed by atoms with van der Waals surface area (Å²) in [5.41, 5.74) is 1.14. The lowest BCUT2D eigenvalue weighted by atomic mass is 9.99. The third-order valence-electron chi connectivity index (χ3n) is 4.70. The maximum absolute atomic E-state index is 12.1. The van der Waals surface area contributed by atoms with Gasteiger partial charge in [0.05, 0.1) is 6.54 Å². The van der Waals surface area contributed by atoms with Crippen LogP contribution < -0.4 is 5.32 Å². The van der Waals surface area contributed by atoms with Crippen LogP contribution in [0.1, 0.15) is 30.7 Å².